The Hall–Kier alpha value is -0.870. The number of hydrogen-bond donors (Lipinski definition) is 0. The molecule has 0 spiro atoms. The highest BCUT2D eigenvalue weighted by molar-refractivity contribution is 9.08. The van der Waals surface area contributed by atoms with Crippen molar-refractivity contribution in [2.45, 2.75) is 12.3 Å². The molecule has 0 saturated carbocycles. The number of carbonyl (C=O) groups is 1. The smallest absolute Gasteiger partial charge is 0.338 e. The monoisotopic (exact) mass is 298 g/mol. The van der Waals surface area contributed by atoms with E-state index in [-0.39, 0.29) is 5.97 Å². The van der Waals surface area contributed by atoms with Crippen LogP contribution < -0.4 is 0 Å². The van der Waals surface area contributed by atoms with Crippen LogP contribution >= 0.6 is 27.3 Å². The van der Waals surface area contributed by atoms with Gasteiger partial charge in [0.15, 0.2) is 0 Å². The summed E-state index contributed by atoms with van der Waals surface area (Å²) in [5.74, 6) is -0.254. The average Bonchev–Trinajstić information content (AvgIpc) is 2.71. The fourth-order valence-electron chi connectivity index (χ4n) is 1.53. The van der Waals surface area contributed by atoms with E-state index in [1.165, 1.54) is 10.3 Å². The number of fused-ring (bicyclic) bond motifs is 1. The molecule has 0 amide bonds. The predicted octanol–water partition coefficient (Wildman–Crippen LogP) is 3.97. The first-order chi connectivity index (χ1) is 7.76. The highest BCUT2D eigenvalue weighted by atomic mass is 79.9. The van der Waals surface area contributed by atoms with Gasteiger partial charge in [-0.3, -0.25) is 0 Å². The Morgan fingerprint density at radius 1 is 1.50 bits per heavy atom. The zero-order chi connectivity index (χ0) is 11.5. The lowest BCUT2D eigenvalue weighted by Gasteiger charge is -2.02. The summed E-state index contributed by atoms with van der Waals surface area (Å²) in [6.45, 7) is 2.22. The molecule has 2 aromatic rings. The van der Waals surface area contributed by atoms with E-state index in [1.54, 1.807) is 11.3 Å². The van der Waals surface area contributed by atoms with Crippen LogP contribution in [0.4, 0.5) is 0 Å². The number of halogens is 1. The summed E-state index contributed by atoms with van der Waals surface area (Å²) >= 11 is 5.13. The van der Waals surface area contributed by atoms with E-state index < -0.39 is 0 Å². The second kappa shape index (κ2) is 4.97. The van der Waals surface area contributed by atoms with Gasteiger partial charge >= 0.3 is 5.97 Å². The maximum atomic E-state index is 11.6. The zero-order valence-corrected chi connectivity index (χ0v) is 11.2. The molecule has 1 aromatic carbocycles. The van der Waals surface area contributed by atoms with Gasteiger partial charge in [-0.15, -0.1) is 11.3 Å². The Bertz CT molecular complexity index is 519. The quantitative estimate of drug-likeness (QED) is 0.633. The van der Waals surface area contributed by atoms with Gasteiger partial charge in [0, 0.05) is 10.0 Å². The third-order valence-electron chi connectivity index (χ3n) is 2.31. The van der Waals surface area contributed by atoms with Crippen LogP contribution in [-0.2, 0) is 10.1 Å². The molecule has 0 unspecified atom stereocenters. The lowest BCUT2D eigenvalue weighted by atomic mass is 10.1. The highest BCUT2D eigenvalue weighted by Crippen LogP contribution is 2.28. The molecular formula is C12H11BrO2S. The van der Waals surface area contributed by atoms with Gasteiger partial charge in [-0.05, 0) is 41.5 Å². The van der Waals surface area contributed by atoms with Gasteiger partial charge in [-0.25, -0.2) is 4.79 Å². The maximum absolute atomic E-state index is 11.6. The molecule has 84 valence electrons. The molecule has 2 nitrogen and oxygen atoms in total. The largest absolute Gasteiger partial charge is 0.462 e. The van der Waals surface area contributed by atoms with Crippen LogP contribution in [0.3, 0.4) is 0 Å². The summed E-state index contributed by atoms with van der Waals surface area (Å²) < 4.78 is 6.18. The van der Waals surface area contributed by atoms with Crippen molar-refractivity contribution in [1.82, 2.24) is 0 Å². The molecule has 0 aliphatic carbocycles. The van der Waals surface area contributed by atoms with E-state index >= 15 is 0 Å². The van der Waals surface area contributed by atoms with Gasteiger partial charge in [0.2, 0.25) is 0 Å². The normalized spacial score (nSPS) is 10.6. The summed E-state index contributed by atoms with van der Waals surface area (Å²) in [6, 6.07) is 5.69. The van der Waals surface area contributed by atoms with Crippen molar-refractivity contribution in [2.75, 3.05) is 6.61 Å². The molecule has 0 saturated heterocycles. The van der Waals surface area contributed by atoms with Gasteiger partial charge in [0.25, 0.3) is 0 Å². The third-order valence-corrected chi connectivity index (χ3v) is 3.93. The van der Waals surface area contributed by atoms with Crippen molar-refractivity contribution in [2.24, 2.45) is 0 Å². The topological polar surface area (TPSA) is 26.3 Å². The van der Waals surface area contributed by atoms with Crippen LogP contribution in [0.25, 0.3) is 10.1 Å². The number of carbonyl (C=O) groups excluding carboxylic acids is 1. The molecule has 1 aromatic heterocycles. The highest BCUT2D eigenvalue weighted by Gasteiger charge is 2.09. The Labute approximate surface area is 106 Å². The molecule has 0 N–H and O–H groups in total. The van der Waals surface area contributed by atoms with Crippen LogP contribution in [0, 0.1) is 0 Å². The summed E-state index contributed by atoms with van der Waals surface area (Å²) in [7, 11) is 0. The minimum atomic E-state index is -0.254. The van der Waals surface area contributed by atoms with Gasteiger partial charge in [0.05, 0.1) is 12.2 Å². The molecule has 1 heterocycles. The van der Waals surface area contributed by atoms with Crippen LogP contribution in [0.2, 0.25) is 0 Å². The lowest BCUT2D eigenvalue weighted by Crippen LogP contribution is -2.03. The molecule has 2 rings (SSSR count). The van der Waals surface area contributed by atoms with Crippen LogP contribution in [0.15, 0.2) is 23.6 Å². The molecule has 0 atom stereocenters. The molecule has 0 fully saturated rings. The SMILES string of the molecule is CCOC(=O)c1ccc2scc(CBr)c2c1. The zero-order valence-electron chi connectivity index (χ0n) is 8.83. The number of thiophene rings is 1. The van der Waals surface area contributed by atoms with E-state index in [4.69, 9.17) is 4.74 Å². The van der Waals surface area contributed by atoms with Crippen molar-refractivity contribution >= 4 is 43.3 Å². The van der Waals surface area contributed by atoms with Crippen molar-refractivity contribution in [3.05, 3.63) is 34.7 Å². The van der Waals surface area contributed by atoms with E-state index in [1.807, 2.05) is 25.1 Å². The average molecular weight is 299 g/mol. The summed E-state index contributed by atoms with van der Waals surface area (Å²) in [5, 5.41) is 4.04. The van der Waals surface area contributed by atoms with Crippen LogP contribution in [0.1, 0.15) is 22.8 Å². The maximum Gasteiger partial charge on any atom is 0.338 e. The Morgan fingerprint density at radius 2 is 2.31 bits per heavy atom. The summed E-state index contributed by atoms with van der Waals surface area (Å²) in [5.41, 5.74) is 1.83. The van der Waals surface area contributed by atoms with Crippen LogP contribution in [0.5, 0.6) is 0 Å². The first-order valence-electron chi connectivity index (χ1n) is 4.99. The second-order valence-corrected chi connectivity index (χ2v) is 4.80. The molecule has 0 bridgehead atoms. The minimum absolute atomic E-state index is 0.254. The van der Waals surface area contributed by atoms with Gasteiger partial charge in [-0.1, -0.05) is 15.9 Å². The molecule has 16 heavy (non-hydrogen) atoms. The predicted molar refractivity (Wildman–Crippen MR) is 70.4 cm³/mol. The van der Waals surface area contributed by atoms with Gasteiger partial charge in [0.1, 0.15) is 0 Å². The molecule has 0 radical (unpaired) electrons. The number of alkyl halides is 1. The number of ether oxygens (including phenoxy) is 1. The Kier molecular flexibility index (Phi) is 3.61. The summed E-state index contributed by atoms with van der Waals surface area (Å²) in [4.78, 5) is 11.6. The first kappa shape index (κ1) is 11.6. The molecule has 0 aliphatic heterocycles. The van der Waals surface area contributed by atoms with E-state index in [0.717, 1.165) is 10.7 Å². The molecular weight excluding hydrogens is 288 g/mol. The third kappa shape index (κ3) is 2.13. The van der Waals surface area contributed by atoms with E-state index in [2.05, 4.69) is 21.3 Å². The minimum Gasteiger partial charge on any atom is -0.462 e. The van der Waals surface area contributed by atoms with E-state index in [9.17, 15) is 4.79 Å². The Morgan fingerprint density at radius 3 is 3.00 bits per heavy atom. The van der Waals surface area contributed by atoms with E-state index in [0.29, 0.717) is 12.2 Å². The lowest BCUT2D eigenvalue weighted by molar-refractivity contribution is 0.0526. The molecule has 0 aliphatic rings. The fraction of sp³-hybridized carbons (Fsp3) is 0.250. The number of rotatable bonds is 3. The number of hydrogen-bond acceptors (Lipinski definition) is 3. The molecule has 4 heteroatoms. The number of benzene rings is 1. The Balaban J connectivity index is 2.45. The van der Waals surface area contributed by atoms with Crippen molar-refractivity contribution in [1.29, 1.82) is 0 Å². The standard InChI is InChI=1S/C12H11BrO2S/c1-2-15-12(14)8-3-4-11-10(5-8)9(6-13)7-16-11/h3-5,7H,2,6H2,1H3. The fourth-order valence-corrected chi connectivity index (χ4v) is 3.15. The van der Waals surface area contributed by atoms with Crippen LogP contribution in [-0.4, -0.2) is 12.6 Å². The van der Waals surface area contributed by atoms with Gasteiger partial charge in [-0.2, -0.15) is 0 Å². The second-order valence-electron chi connectivity index (χ2n) is 3.33. The van der Waals surface area contributed by atoms with Crippen molar-refractivity contribution < 1.29 is 9.53 Å². The number of esters is 1. The first-order valence-corrected chi connectivity index (χ1v) is 6.99. The van der Waals surface area contributed by atoms with Crippen molar-refractivity contribution in [3.8, 4) is 0 Å². The summed E-state index contributed by atoms with van der Waals surface area (Å²) in [6.07, 6.45) is 0. The van der Waals surface area contributed by atoms with Crippen molar-refractivity contribution in [3.63, 3.8) is 0 Å². The van der Waals surface area contributed by atoms with Gasteiger partial charge < -0.3 is 4.74 Å².